The van der Waals surface area contributed by atoms with Crippen LogP contribution < -0.4 is 10.6 Å². The van der Waals surface area contributed by atoms with Gasteiger partial charge in [0.05, 0.1) is 38.2 Å². The number of H-pyrrole nitrogens is 2. The number of ether oxygens (including phenoxy) is 2. The van der Waals surface area contributed by atoms with Gasteiger partial charge in [-0.2, -0.15) is 0 Å². The van der Waals surface area contributed by atoms with E-state index in [4.69, 9.17) is 9.47 Å². The highest BCUT2D eigenvalue weighted by atomic mass is 16.5. The van der Waals surface area contributed by atoms with Crippen LogP contribution in [0.3, 0.4) is 0 Å². The lowest BCUT2D eigenvalue weighted by Crippen LogP contribution is -2.51. The largest absolute Gasteiger partial charge is 0.453 e. The predicted molar refractivity (Wildman–Crippen MR) is 166 cm³/mol. The molecule has 2 aromatic rings. The van der Waals surface area contributed by atoms with Gasteiger partial charge in [0.2, 0.25) is 11.8 Å². The SMILES string of the molecule is COC(=O)NC(C(=O)N1CCCC1c1ncc(C/C=C/c2cnc([C@H]3CCCN3C(=O)C(NC(=O)OC)C(C)C)[nH]2)[nH]1)C(C)C. The zero-order valence-electron chi connectivity index (χ0n) is 27.0. The third-order valence-corrected chi connectivity index (χ3v) is 8.38. The summed E-state index contributed by atoms with van der Waals surface area (Å²) in [6.07, 6.45) is 10.0. The summed E-state index contributed by atoms with van der Waals surface area (Å²) < 4.78 is 9.43. The van der Waals surface area contributed by atoms with E-state index in [0.717, 1.165) is 42.9 Å². The molecular weight excluding hydrogens is 580 g/mol. The lowest BCUT2D eigenvalue weighted by molar-refractivity contribution is -0.136. The van der Waals surface area contributed by atoms with E-state index in [0.29, 0.717) is 25.3 Å². The number of nitrogens with zero attached hydrogens (tertiary/aromatic N) is 4. The number of hydrogen-bond donors (Lipinski definition) is 4. The molecule has 45 heavy (non-hydrogen) atoms. The molecule has 3 unspecified atom stereocenters. The molecule has 2 fully saturated rings. The number of hydrogen-bond acceptors (Lipinski definition) is 8. The lowest BCUT2D eigenvalue weighted by Gasteiger charge is -2.30. The molecule has 4 N–H and O–H groups in total. The lowest BCUT2D eigenvalue weighted by atomic mass is 10.0. The number of imidazole rings is 2. The van der Waals surface area contributed by atoms with Gasteiger partial charge in [-0.15, -0.1) is 0 Å². The Morgan fingerprint density at radius 3 is 1.82 bits per heavy atom. The summed E-state index contributed by atoms with van der Waals surface area (Å²) in [4.78, 5) is 69.9. The highest BCUT2D eigenvalue weighted by Gasteiger charge is 2.38. The molecule has 2 aromatic heterocycles. The Kier molecular flexibility index (Phi) is 11.2. The molecule has 4 rings (SSSR count). The molecule has 246 valence electrons. The van der Waals surface area contributed by atoms with Crippen LogP contribution in [0.2, 0.25) is 0 Å². The van der Waals surface area contributed by atoms with Crippen LogP contribution in [0.15, 0.2) is 18.5 Å². The monoisotopic (exact) mass is 626 g/mol. The summed E-state index contributed by atoms with van der Waals surface area (Å²) in [6.45, 7) is 8.74. The van der Waals surface area contributed by atoms with Gasteiger partial charge < -0.3 is 39.9 Å². The number of nitrogens with one attached hydrogen (secondary N) is 4. The van der Waals surface area contributed by atoms with Crippen LogP contribution in [-0.2, 0) is 25.5 Å². The molecule has 4 heterocycles. The van der Waals surface area contributed by atoms with Crippen molar-refractivity contribution in [3.63, 3.8) is 0 Å². The average Bonchev–Trinajstić information content (AvgIpc) is 3.83. The van der Waals surface area contributed by atoms with Crippen LogP contribution in [0.25, 0.3) is 6.08 Å². The number of carbonyl (C=O) groups is 4. The van der Waals surface area contributed by atoms with Gasteiger partial charge in [-0.1, -0.05) is 33.8 Å². The van der Waals surface area contributed by atoms with Crippen LogP contribution in [-0.4, -0.2) is 93.1 Å². The first-order valence-electron chi connectivity index (χ1n) is 15.6. The molecule has 4 atom stereocenters. The molecule has 0 aliphatic carbocycles. The fourth-order valence-corrected chi connectivity index (χ4v) is 5.95. The Bertz CT molecular complexity index is 1370. The Morgan fingerprint density at radius 1 is 0.844 bits per heavy atom. The van der Waals surface area contributed by atoms with E-state index in [-0.39, 0.29) is 35.7 Å². The van der Waals surface area contributed by atoms with Gasteiger partial charge in [0.25, 0.3) is 0 Å². The van der Waals surface area contributed by atoms with Gasteiger partial charge in [-0.3, -0.25) is 9.59 Å². The number of methoxy groups -OCH3 is 2. The van der Waals surface area contributed by atoms with Crippen molar-refractivity contribution in [1.82, 2.24) is 40.4 Å². The average molecular weight is 627 g/mol. The Balaban J connectivity index is 1.37. The summed E-state index contributed by atoms with van der Waals surface area (Å²) in [5.74, 6) is 0.930. The molecule has 2 saturated heterocycles. The van der Waals surface area contributed by atoms with Gasteiger partial charge in [-0.05, 0) is 43.6 Å². The molecule has 0 aromatic carbocycles. The van der Waals surface area contributed by atoms with Gasteiger partial charge in [0.15, 0.2) is 0 Å². The molecule has 2 aliphatic heterocycles. The number of aromatic amines is 2. The first kappa shape index (κ1) is 33.5. The van der Waals surface area contributed by atoms with Crippen molar-refractivity contribution in [3.8, 4) is 0 Å². The number of amides is 4. The van der Waals surface area contributed by atoms with Crippen molar-refractivity contribution in [2.75, 3.05) is 27.3 Å². The van der Waals surface area contributed by atoms with E-state index >= 15 is 0 Å². The van der Waals surface area contributed by atoms with Gasteiger partial charge >= 0.3 is 12.2 Å². The van der Waals surface area contributed by atoms with Crippen LogP contribution in [0.1, 0.15) is 88.5 Å². The zero-order chi connectivity index (χ0) is 32.7. The highest BCUT2D eigenvalue weighted by molar-refractivity contribution is 5.87. The van der Waals surface area contributed by atoms with Crippen molar-refractivity contribution < 1.29 is 28.7 Å². The second-order valence-electron chi connectivity index (χ2n) is 12.2. The Morgan fingerprint density at radius 2 is 1.33 bits per heavy atom. The minimum Gasteiger partial charge on any atom is -0.453 e. The molecule has 14 nitrogen and oxygen atoms in total. The van der Waals surface area contributed by atoms with Crippen molar-refractivity contribution >= 4 is 30.1 Å². The minimum absolute atomic E-state index is 0.101. The van der Waals surface area contributed by atoms with E-state index in [2.05, 4.69) is 30.6 Å². The molecule has 2 aliphatic rings. The third-order valence-electron chi connectivity index (χ3n) is 8.38. The normalized spacial score (nSPS) is 19.7. The van der Waals surface area contributed by atoms with Crippen molar-refractivity contribution in [1.29, 1.82) is 0 Å². The van der Waals surface area contributed by atoms with Crippen LogP contribution in [0.4, 0.5) is 9.59 Å². The van der Waals surface area contributed by atoms with Crippen molar-refractivity contribution in [3.05, 3.63) is 41.5 Å². The van der Waals surface area contributed by atoms with Gasteiger partial charge in [0.1, 0.15) is 23.7 Å². The van der Waals surface area contributed by atoms with Gasteiger partial charge in [0, 0.05) is 31.4 Å². The molecule has 14 heteroatoms. The Labute approximate surface area is 263 Å². The third kappa shape index (κ3) is 8.03. The molecule has 0 bridgehead atoms. The topological polar surface area (TPSA) is 175 Å². The van der Waals surface area contributed by atoms with Crippen LogP contribution in [0, 0.1) is 11.8 Å². The van der Waals surface area contributed by atoms with E-state index in [1.165, 1.54) is 14.2 Å². The van der Waals surface area contributed by atoms with E-state index in [1.807, 2.05) is 39.8 Å². The number of carbonyl (C=O) groups excluding carboxylic acids is 4. The first-order valence-corrected chi connectivity index (χ1v) is 15.6. The van der Waals surface area contributed by atoms with E-state index in [1.54, 1.807) is 22.2 Å². The summed E-state index contributed by atoms with van der Waals surface area (Å²) >= 11 is 0. The van der Waals surface area contributed by atoms with Crippen LogP contribution >= 0.6 is 0 Å². The fourth-order valence-electron chi connectivity index (χ4n) is 5.95. The second-order valence-corrected chi connectivity index (χ2v) is 12.2. The highest BCUT2D eigenvalue weighted by Crippen LogP contribution is 2.33. The zero-order valence-corrected chi connectivity index (χ0v) is 27.0. The maximum atomic E-state index is 13.4. The van der Waals surface area contributed by atoms with Crippen LogP contribution in [0.5, 0.6) is 0 Å². The summed E-state index contributed by atoms with van der Waals surface area (Å²) in [5, 5.41) is 5.34. The molecule has 4 amide bonds. The van der Waals surface area contributed by atoms with Crippen molar-refractivity contribution in [2.24, 2.45) is 11.8 Å². The van der Waals surface area contributed by atoms with Gasteiger partial charge in [-0.25, -0.2) is 19.6 Å². The molecule has 0 radical (unpaired) electrons. The standard InChI is InChI=1S/C31H46N8O6/c1-18(2)24(36-30(42)44-5)28(40)38-14-8-12-22(38)26-32-16-20(34-26)10-7-11-21-17-33-27(35-21)23-13-9-15-39(23)29(41)25(19(3)4)37-31(43)45-6/h7,10,16-19,22-25H,8-9,11-15H2,1-6H3,(H,32,34)(H,33,35)(H,36,42)(H,37,43)/b10-7+/t22-,23?,24?,25?/m1/s1. The van der Waals surface area contributed by atoms with E-state index < -0.39 is 24.3 Å². The molecule has 0 saturated carbocycles. The quantitative estimate of drug-likeness (QED) is 0.293. The fraction of sp³-hybridized carbons (Fsp3) is 0.613. The first-order chi connectivity index (χ1) is 21.5. The number of alkyl carbamates (subject to hydrolysis) is 2. The number of rotatable bonds is 11. The number of allylic oxidation sites excluding steroid dienone is 1. The number of aromatic nitrogens is 4. The van der Waals surface area contributed by atoms with Crippen molar-refractivity contribution in [2.45, 2.75) is 84.0 Å². The smallest absolute Gasteiger partial charge is 0.407 e. The molecule has 0 spiro atoms. The predicted octanol–water partition coefficient (Wildman–Crippen LogP) is 3.48. The van der Waals surface area contributed by atoms with E-state index in [9.17, 15) is 19.2 Å². The maximum absolute atomic E-state index is 13.4. The molecular formula is C31H46N8O6. The summed E-state index contributed by atoms with van der Waals surface area (Å²) in [5.41, 5.74) is 1.71. The minimum atomic E-state index is -0.686. The number of likely N-dealkylation sites (tertiary alicyclic amines) is 2. The Hall–Kier alpha value is -4.36. The summed E-state index contributed by atoms with van der Waals surface area (Å²) in [7, 11) is 2.56. The second kappa shape index (κ2) is 15.1. The summed E-state index contributed by atoms with van der Waals surface area (Å²) in [6, 6.07) is -1.77. The maximum Gasteiger partial charge on any atom is 0.407 e.